The van der Waals surface area contributed by atoms with Gasteiger partial charge in [-0.2, -0.15) is 0 Å². The van der Waals surface area contributed by atoms with Crippen LogP contribution in [0.5, 0.6) is 0 Å². The van der Waals surface area contributed by atoms with E-state index in [0.717, 1.165) is 26.6 Å². The highest BCUT2D eigenvalue weighted by atomic mass is 35.5. The fourth-order valence-electron chi connectivity index (χ4n) is 3.51. The first-order chi connectivity index (χ1) is 15.1. The van der Waals surface area contributed by atoms with E-state index in [4.69, 9.17) is 11.6 Å². The largest absolute Gasteiger partial charge is 0.348 e. The zero-order valence-electron chi connectivity index (χ0n) is 18.6. The first-order valence-electron chi connectivity index (χ1n) is 10.3. The van der Waals surface area contributed by atoms with Gasteiger partial charge in [-0.05, 0) is 63.1 Å². The second kappa shape index (κ2) is 9.76. The lowest BCUT2D eigenvalue weighted by molar-refractivity contribution is -0.120. The van der Waals surface area contributed by atoms with E-state index in [1.54, 1.807) is 36.4 Å². The van der Waals surface area contributed by atoms with Crippen molar-refractivity contribution < 1.29 is 13.2 Å². The number of carbonyl (C=O) groups is 1. The van der Waals surface area contributed by atoms with Gasteiger partial charge in [0.05, 0.1) is 21.6 Å². The maximum atomic E-state index is 13.5. The summed E-state index contributed by atoms with van der Waals surface area (Å²) in [6.07, 6.45) is 0. The summed E-state index contributed by atoms with van der Waals surface area (Å²) in [5, 5.41) is 3.18. The molecule has 0 aromatic heterocycles. The molecule has 3 aromatic carbocycles. The van der Waals surface area contributed by atoms with Crippen LogP contribution in [-0.4, -0.2) is 20.9 Å². The minimum atomic E-state index is -4.02. The molecule has 168 valence electrons. The van der Waals surface area contributed by atoms with Crippen LogP contribution in [0.25, 0.3) is 0 Å². The molecule has 32 heavy (non-hydrogen) atoms. The van der Waals surface area contributed by atoms with Crippen molar-refractivity contribution >= 4 is 33.2 Å². The predicted molar refractivity (Wildman–Crippen MR) is 130 cm³/mol. The number of para-hydroxylation sites is 1. The number of hydrogen-bond donors (Lipinski definition) is 1. The second-order valence-electron chi connectivity index (χ2n) is 7.93. The van der Waals surface area contributed by atoms with Crippen LogP contribution in [0.2, 0.25) is 5.02 Å². The molecule has 0 aliphatic rings. The van der Waals surface area contributed by atoms with Gasteiger partial charge in [0.25, 0.3) is 10.0 Å². The van der Waals surface area contributed by atoms with Gasteiger partial charge in [-0.3, -0.25) is 9.10 Å². The predicted octanol–water partition coefficient (Wildman–Crippen LogP) is 5.34. The smallest absolute Gasteiger partial charge is 0.264 e. The van der Waals surface area contributed by atoms with E-state index in [1.165, 1.54) is 12.1 Å². The molecule has 0 aliphatic carbocycles. The van der Waals surface area contributed by atoms with Gasteiger partial charge in [0.2, 0.25) is 5.91 Å². The van der Waals surface area contributed by atoms with Gasteiger partial charge in [0.15, 0.2) is 0 Å². The van der Waals surface area contributed by atoms with Gasteiger partial charge in [0, 0.05) is 0 Å². The number of nitrogens with zero attached hydrogens (tertiary/aromatic N) is 1. The zero-order chi connectivity index (χ0) is 23.5. The minimum absolute atomic E-state index is 0.0957. The highest BCUT2D eigenvalue weighted by Gasteiger charge is 2.29. The Kier molecular flexibility index (Phi) is 7.26. The van der Waals surface area contributed by atoms with Gasteiger partial charge in [0.1, 0.15) is 6.54 Å². The molecule has 1 unspecified atom stereocenters. The van der Waals surface area contributed by atoms with Crippen LogP contribution in [0, 0.1) is 20.8 Å². The molecule has 0 radical (unpaired) electrons. The number of halogens is 1. The molecule has 1 N–H and O–H groups in total. The summed E-state index contributed by atoms with van der Waals surface area (Å²) in [5.74, 6) is -0.422. The molecule has 3 rings (SSSR count). The molecule has 0 fully saturated rings. The molecule has 0 heterocycles. The summed E-state index contributed by atoms with van der Waals surface area (Å²) in [5.41, 5.74) is 4.33. The topological polar surface area (TPSA) is 66.5 Å². The number of aryl methyl sites for hydroxylation is 3. The lowest BCUT2D eigenvalue weighted by Crippen LogP contribution is -2.41. The third-order valence-corrected chi connectivity index (χ3v) is 7.39. The third-order valence-electron chi connectivity index (χ3n) is 5.30. The maximum absolute atomic E-state index is 13.5. The quantitative estimate of drug-likeness (QED) is 0.507. The Bertz CT molecular complexity index is 1220. The number of anilines is 1. The van der Waals surface area contributed by atoms with E-state index < -0.39 is 22.5 Å². The summed E-state index contributed by atoms with van der Waals surface area (Å²) < 4.78 is 28.0. The number of benzene rings is 3. The highest BCUT2D eigenvalue weighted by Crippen LogP contribution is 2.30. The molecule has 0 saturated heterocycles. The molecule has 0 bridgehead atoms. The Morgan fingerprint density at radius 2 is 1.59 bits per heavy atom. The number of hydrogen-bond acceptors (Lipinski definition) is 3. The van der Waals surface area contributed by atoms with Gasteiger partial charge in [-0.15, -0.1) is 0 Å². The number of amides is 1. The molecule has 5 nitrogen and oxygen atoms in total. The van der Waals surface area contributed by atoms with E-state index >= 15 is 0 Å². The third kappa shape index (κ3) is 5.31. The number of rotatable bonds is 7. The molecular weight excluding hydrogens is 444 g/mol. The highest BCUT2D eigenvalue weighted by molar-refractivity contribution is 7.92. The average Bonchev–Trinajstić information content (AvgIpc) is 2.74. The molecule has 3 aromatic rings. The Morgan fingerprint density at radius 1 is 0.969 bits per heavy atom. The minimum Gasteiger partial charge on any atom is -0.348 e. The molecule has 0 saturated carbocycles. The second-order valence-corrected chi connectivity index (χ2v) is 10.2. The molecule has 0 spiro atoms. The number of sulfonamides is 1. The van der Waals surface area contributed by atoms with Gasteiger partial charge in [-0.1, -0.05) is 65.2 Å². The maximum Gasteiger partial charge on any atom is 0.264 e. The van der Waals surface area contributed by atoms with Crippen molar-refractivity contribution in [1.29, 1.82) is 0 Å². The standard InChI is InChI=1S/C25H27ClN2O3S/c1-17-10-13-21(14-11-17)32(30,31)28(24-8-6-5-7-23(24)26)16-25(29)27-20(4)22-15-18(2)9-12-19(22)3/h5-15,20H,16H2,1-4H3,(H,27,29). The van der Waals surface area contributed by atoms with E-state index in [1.807, 2.05) is 45.9 Å². The van der Waals surface area contributed by atoms with Crippen LogP contribution in [0.1, 0.15) is 35.2 Å². The molecular formula is C25H27ClN2O3S. The molecule has 7 heteroatoms. The van der Waals surface area contributed by atoms with Crippen LogP contribution < -0.4 is 9.62 Å². The number of carbonyl (C=O) groups excluding carboxylic acids is 1. The van der Waals surface area contributed by atoms with E-state index in [9.17, 15) is 13.2 Å². The van der Waals surface area contributed by atoms with Crippen molar-refractivity contribution in [1.82, 2.24) is 5.32 Å². The van der Waals surface area contributed by atoms with Crippen molar-refractivity contribution in [3.63, 3.8) is 0 Å². The van der Waals surface area contributed by atoms with E-state index in [0.29, 0.717) is 0 Å². The van der Waals surface area contributed by atoms with Crippen LogP contribution >= 0.6 is 11.6 Å². The van der Waals surface area contributed by atoms with Crippen molar-refractivity contribution in [3.8, 4) is 0 Å². The average molecular weight is 471 g/mol. The summed E-state index contributed by atoms with van der Waals surface area (Å²) in [4.78, 5) is 13.1. The Hall–Kier alpha value is -2.83. The summed E-state index contributed by atoms with van der Waals surface area (Å²) in [6, 6.07) is 18.9. The summed E-state index contributed by atoms with van der Waals surface area (Å²) >= 11 is 6.32. The lowest BCUT2D eigenvalue weighted by atomic mass is 10.00. The lowest BCUT2D eigenvalue weighted by Gasteiger charge is -2.26. The summed E-state index contributed by atoms with van der Waals surface area (Å²) in [6.45, 7) is 7.34. The van der Waals surface area contributed by atoms with Crippen LogP contribution in [0.4, 0.5) is 5.69 Å². The monoisotopic (exact) mass is 470 g/mol. The van der Waals surface area contributed by atoms with E-state index in [2.05, 4.69) is 5.32 Å². The fraction of sp³-hybridized carbons (Fsp3) is 0.240. The number of nitrogens with one attached hydrogen (secondary N) is 1. The van der Waals surface area contributed by atoms with Crippen molar-refractivity contribution in [2.75, 3.05) is 10.8 Å². The molecule has 1 amide bonds. The normalized spacial score (nSPS) is 12.3. The Morgan fingerprint density at radius 3 is 2.25 bits per heavy atom. The van der Waals surface area contributed by atoms with Gasteiger partial charge in [-0.25, -0.2) is 8.42 Å². The van der Waals surface area contributed by atoms with Crippen molar-refractivity contribution in [2.24, 2.45) is 0 Å². The van der Waals surface area contributed by atoms with Crippen molar-refractivity contribution in [3.05, 3.63) is 94.0 Å². The first kappa shape index (κ1) is 23.8. The van der Waals surface area contributed by atoms with Gasteiger partial charge < -0.3 is 5.32 Å². The van der Waals surface area contributed by atoms with Gasteiger partial charge >= 0.3 is 0 Å². The summed E-state index contributed by atoms with van der Waals surface area (Å²) in [7, 11) is -4.02. The van der Waals surface area contributed by atoms with Crippen LogP contribution in [-0.2, 0) is 14.8 Å². The van der Waals surface area contributed by atoms with Crippen LogP contribution in [0.15, 0.2) is 71.6 Å². The molecule has 1 atom stereocenters. The Labute approximate surface area is 195 Å². The van der Waals surface area contributed by atoms with Crippen LogP contribution in [0.3, 0.4) is 0 Å². The first-order valence-corrected chi connectivity index (χ1v) is 12.1. The SMILES string of the molecule is Cc1ccc(S(=O)(=O)N(CC(=O)NC(C)c2cc(C)ccc2C)c2ccccc2Cl)cc1. The fourth-order valence-corrected chi connectivity index (χ4v) is 5.24. The zero-order valence-corrected chi connectivity index (χ0v) is 20.2. The van der Waals surface area contributed by atoms with Crippen molar-refractivity contribution in [2.45, 2.75) is 38.6 Å². The van der Waals surface area contributed by atoms with E-state index in [-0.39, 0.29) is 21.6 Å². The Balaban J connectivity index is 1.92. The molecule has 0 aliphatic heterocycles.